The SMILES string of the molecule is O=c1[nH]nc2c3c(cccc13)Oc1ccc(CCCCN3CCOCC3)cc1-2. The summed E-state index contributed by atoms with van der Waals surface area (Å²) < 4.78 is 11.5. The monoisotopic (exact) mass is 377 g/mol. The number of aromatic nitrogens is 2. The lowest BCUT2D eigenvalue weighted by Crippen LogP contribution is -2.36. The average molecular weight is 377 g/mol. The molecule has 2 aliphatic rings. The van der Waals surface area contributed by atoms with Gasteiger partial charge in [-0.15, -0.1) is 0 Å². The number of nitrogens with one attached hydrogen (secondary N) is 1. The van der Waals surface area contributed by atoms with Gasteiger partial charge in [-0.1, -0.05) is 12.1 Å². The molecule has 1 fully saturated rings. The summed E-state index contributed by atoms with van der Waals surface area (Å²) in [7, 11) is 0. The minimum absolute atomic E-state index is 0.188. The molecule has 2 aliphatic heterocycles. The topological polar surface area (TPSA) is 67.5 Å². The van der Waals surface area contributed by atoms with Gasteiger partial charge in [0.05, 0.1) is 24.0 Å². The smallest absolute Gasteiger partial charge is 0.272 e. The Bertz CT molecular complexity index is 1070. The lowest BCUT2D eigenvalue weighted by Gasteiger charge is -2.26. The summed E-state index contributed by atoms with van der Waals surface area (Å²) in [6, 6.07) is 11.8. The molecular weight excluding hydrogens is 354 g/mol. The lowest BCUT2D eigenvalue weighted by molar-refractivity contribution is 0.0372. The molecule has 0 unspecified atom stereocenters. The first-order valence-electron chi connectivity index (χ1n) is 9.92. The molecule has 0 amide bonds. The van der Waals surface area contributed by atoms with E-state index in [2.05, 4.69) is 27.2 Å². The van der Waals surface area contributed by atoms with E-state index in [1.165, 1.54) is 12.0 Å². The number of aromatic amines is 1. The molecule has 144 valence electrons. The van der Waals surface area contributed by atoms with Crippen molar-refractivity contribution in [2.45, 2.75) is 19.3 Å². The number of fused-ring (bicyclic) bond motifs is 2. The third-order valence-electron chi connectivity index (χ3n) is 5.59. The van der Waals surface area contributed by atoms with Crippen molar-refractivity contribution in [1.82, 2.24) is 15.1 Å². The molecule has 3 heterocycles. The van der Waals surface area contributed by atoms with Crippen molar-refractivity contribution in [3.63, 3.8) is 0 Å². The summed E-state index contributed by atoms with van der Waals surface area (Å²) >= 11 is 0. The highest BCUT2D eigenvalue weighted by molar-refractivity contribution is 6.01. The molecule has 0 radical (unpaired) electrons. The summed E-state index contributed by atoms with van der Waals surface area (Å²) in [6.07, 6.45) is 3.34. The third kappa shape index (κ3) is 3.19. The van der Waals surface area contributed by atoms with Crippen LogP contribution < -0.4 is 10.3 Å². The van der Waals surface area contributed by atoms with Crippen molar-refractivity contribution in [2.24, 2.45) is 0 Å². The normalized spacial score (nSPS) is 16.0. The van der Waals surface area contributed by atoms with Gasteiger partial charge in [-0.05, 0) is 55.6 Å². The number of benzene rings is 2. The molecule has 1 aromatic heterocycles. The van der Waals surface area contributed by atoms with Crippen LogP contribution in [0.5, 0.6) is 11.5 Å². The van der Waals surface area contributed by atoms with E-state index >= 15 is 0 Å². The number of H-pyrrole nitrogens is 1. The Kier molecular flexibility index (Phi) is 4.58. The van der Waals surface area contributed by atoms with Gasteiger partial charge in [-0.2, -0.15) is 5.10 Å². The summed E-state index contributed by atoms with van der Waals surface area (Å²) in [6.45, 7) is 4.93. The molecule has 6 nitrogen and oxygen atoms in total. The highest BCUT2D eigenvalue weighted by atomic mass is 16.5. The van der Waals surface area contributed by atoms with Crippen molar-refractivity contribution in [2.75, 3.05) is 32.8 Å². The fraction of sp³-hybridized carbons (Fsp3) is 0.364. The van der Waals surface area contributed by atoms with E-state index in [0.29, 0.717) is 11.1 Å². The molecule has 0 spiro atoms. The predicted octanol–water partition coefficient (Wildman–Crippen LogP) is 3.35. The molecule has 0 atom stereocenters. The molecule has 3 aromatic rings. The number of morpholine rings is 1. The van der Waals surface area contributed by atoms with Crippen molar-refractivity contribution >= 4 is 10.8 Å². The Morgan fingerprint density at radius 2 is 1.96 bits per heavy atom. The number of unbranched alkanes of at least 4 members (excludes halogenated alkanes) is 1. The van der Waals surface area contributed by atoms with Crippen LogP contribution in [-0.4, -0.2) is 47.9 Å². The fourth-order valence-corrected chi connectivity index (χ4v) is 4.08. The van der Waals surface area contributed by atoms with Crippen LogP contribution in [0, 0.1) is 0 Å². The fourth-order valence-electron chi connectivity index (χ4n) is 4.08. The van der Waals surface area contributed by atoms with E-state index in [1.807, 2.05) is 24.3 Å². The van der Waals surface area contributed by atoms with Crippen molar-refractivity contribution in [3.8, 4) is 22.8 Å². The van der Waals surface area contributed by atoms with Crippen LogP contribution in [0.4, 0.5) is 0 Å². The van der Waals surface area contributed by atoms with Gasteiger partial charge in [-0.25, -0.2) is 5.10 Å². The Morgan fingerprint density at radius 1 is 1.07 bits per heavy atom. The maximum atomic E-state index is 12.1. The zero-order valence-electron chi connectivity index (χ0n) is 15.7. The third-order valence-corrected chi connectivity index (χ3v) is 5.59. The van der Waals surface area contributed by atoms with Crippen LogP contribution in [0.25, 0.3) is 22.0 Å². The van der Waals surface area contributed by atoms with Crippen LogP contribution in [0.3, 0.4) is 0 Å². The maximum absolute atomic E-state index is 12.1. The summed E-state index contributed by atoms with van der Waals surface area (Å²) in [5.41, 5.74) is 2.82. The first kappa shape index (κ1) is 17.4. The van der Waals surface area contributed by atoms with Crippen LogP contribution >= 0.6 is 0 Å². The number of ether oxygens (including phenoxy) is 2. The standard InChI is InChI=1S/C22H23N3O3/c26-22-16-5-3-6-19-20(16)21(23-24-22)17-14-15(7-8-18(17)28-19)4-1-2-9-25-10-12-27-13-11-25/h3,5-8,14H,1-2,4,9-13H2,(H,24,26). The maximum Gasteiger partial charge on any atom is 0.272 e. The molecule has 6 heteroatoms. The van der Waals surface area contributed by atoms with E-state index in [4.69, 9.17) is 9.47 Å². The van der Waals surface area contributed by atoms with Gasteiger partial charge < -0.3 is 9.47 Å². The molecule has 0 aliphatic carbocycles. The Balaban J connectivity index is 1.35. The van der Waals surface area contributed by atoms with E-state index in [-0.39, 0.29) is 5.56 Å². The van der Waals surface area contributed by atoms with E-state index < -0.39 is 0 Å². The zero-order valence-corrected chi connectivity index (χ0v) is 15.7. The molecular formula is C22H23N3O3. The average Bonchev–Trinajstić information content (AvgIpc) is 2.74. The number of hydrogen-bond donors (Lipinski definition) is 1. The predicted molar refractivity (Wildman–Crippen MR) is 108 cm³/mol. The van der Waals surface area contributed by atoms with E-state index in [1.54, 1.807) is 0 Å². The zero-order chi connectivity index (χ0) is 18.9. The second-order valence-electron chi connectivity index (χ2n) is 7.42. The van der Waals surface area contributed by atoms with Crippen LogP contribution in [0.15, 0.2) is 41.2 Å². The Labute approximate surface area is 163 Å². The Morgan fingerprint density at radius 3 is 2.86 bits per heavy atom. The molecule has 5 rings (SSSR count). The minimum Gasteiger partial charge on any atom is -0.456 e. The van der Waals surface area contributed by atoms with Gasteiger partial charge in [0, 0.05) is 18.7 Å². The first-order valence-corrected chi connectivity index (χ1v) is 9.92. The molecule has 28 heavy (non-hydrogen) atoms. The van der Waals surface area contributed by atoms with Gasteiger partial charge in [0.2, 0.25) is 0 Å². The van der Waals surface area contributed by atoms with Gasteiger partial charge in [-0.3, -0.25) is 9.69 Å². The molecule has 0 saturated carbocycles. The Hall–Kier alpha value is -2.70. The van der Waals surface area contributed by atoms with E-state index in [0.717, 1.165) is 68.1 Å². The molecule has 0 bridgehead atoms. The number of nitrogens with zero attached hydrogens (tertiary/aromatic N) is 2. The molecule has 1 saturated heterocycles. The highest BCUT2D eigenvalue weighted by Gasteiger charge is 2.22. The van der Waals surface area contributed by atoms with Crippen LogP contribution in [0.2, 0.25) is 0 Å². The summed E-state index contributed by atoms with van der Waals surface area (Å²) in [5.74, 6) is 1.48. The summed E-state index contributed by atoms with van der Waals surface area (Å²) in [5, 5.41) is 8.38. The minimum atomic E-state index is -0.188. The largest absolute Gasteiger partial charge is 0.456 e. The molecule has 2 aromatic carbocycles. The van der Waals surface area contributed by atoms with Gasteiger partial charge in [0.25, 0.3) is 5.56 Å². The first-order chi connectivity index (χ1) is 13.8. The van der Waals surface area contributed by atoms with Crippen LogP contribution in [-0.2, 0) is 11.2 Å². The second-order valence-corrected chi connectivity index (χ2v) is 7.42. The van der Waals surface area contributed by atoms with E-state index in [9.17, 15) is 4.79 Å². The van der Waals surface area contributed by atoms with Gasteiger partial charge >= 0.3 is 0 Å². The second kappa shape index (κ2) is 7.37. The lowest BCUT2D eigenvalue weighted by atomic mass is 9.97. The highest BCUT2D eigenvalue weighted by Crippen LogP contribution is 2.44. The van der Waals surface area contributed by atoms with Crippen molar-refractivity contribution in [1.29, 1.82) is 0 Å². The van der Waals surface area contributed by atoms with Crippen LogP contribution in [0.1, 0.15) is 18.4 Å². The van der Waals surface area contributed by atoms with Crippen molar-refractivity contribution in [3.05, 3.63) is 52.3 Å². The number of hydrogen-bond acceptors (Lipinski definition) is 5. The number of aryl methyl sites for hydroxylation is 1. The molecule has 1 N–H and O–H groups in total. The summed E-state index contributed by atoms with van der Waals surface area (Å²) in [4.78, 5) is 14.6. The van der Waals surface area contributed by atoms with Gasteiger partial charge in [0.1, 0.15) is 17.2 Å². The van der Waals surface area contributed by atoms with Gasteiger partial charge in [0.15, 0.2) is 0 Å². The quantitative estimate of drug-likeness (QED) is 0.540. The van der Waals surface area contributed by atoms with Crippen molar-refractivity contribution < 1.29 is 9.47 Å². The number of rotatable bonds is 5.